The molecule has 0 aliphatic rings. The molecule has 1 amide bonds. The van der Waals surface area contributed by atoms with Crippen LogP contribution in [0.5, 0.6) is 5.75 Å². The van der Waals surface area contributed by atoms with Gasteiger partial charge in [-0.2, -0.15) is 0 Å². The number of rotatable bonds is 4. The van der Waals surface area contributed by atoms with Crippen molar-refractivity contribution < 1.29 is 9.53 Å². The number of hydrazine groups is 1. The number of ether oxygens (including phenoxy) is 1. The quantitative estimate of drug-likeness (QED) is 0.506. The van der Waals surface area contributed by atoms with E-state index in [0.29, 0.717) is 12.2 Å². The second-order valence-electron chi connectivity index (χ2n) is 4.79. The normalized spacial score (nSPS) is 10.3. The third kappa shape index (κ3) is 3.62. The van der Waals surface area contributed by atoms with E-state index in [1.807, 2.05) is 38.1 Å². The van der Waals surface area contributed by atoms with Gasteiger partial charge < -0.3 is 4.74 Å². The van der Waals surface area contributed by atoms with E-state index in [2.05, 4.69) is 21.4 Å². The van der Waals surface area contributed by atoms with Crippen LogP contribution in [0.1, 0.15) is 27.0 Å². The molecule has 21 heavy (non-hydrogen) atoms. The Labute approximate surface area is 132 Å². The molecule has 0 heterocycles. The van der Waals surface area contributed by atoms with Crippen molar-refractivity contribution in [3.63, 3.8) is 0 Å². The van der Waals surface area contributed by atoms with Crippen molar-refractivity contribution in [1.82, 2.24) is 5.43 Å². The Morgan fingerprint density at radius 2 is 1.90 bits per heavy atom. The van der Waals surface area contributed by atoms with Crippen LogP contribution in [0.2, 0.25) is 0 Å². The summed E-state index contributed by atoms with van der Waals surface area (Å²) in [6, 6.07) is 11.3. The first-order chi connectivity index (χ1) is 10.0. The second kappa shape index (κ2) is 6.74. The maximum Gasteiger partial charge on any atom is 0.265 e. The molecule has 0 fully saturated rings. The first kappa shape index (κ1) is 15.5. The molecular formula is C16H17BrN2O2. The molecule has 0 aliphatic heterocycles. The van der Waals surface area contributed by atoms with Gasteiger partial charge in [0.25, 0.3) is 5.91 Å². The van der Waals surface area contributed by atoms with Crippen LogP contribution in [-0.4, -0.2) is 5.91 Å². The first-order valence-corrected chi connectivity index (χ1v) is 7.30. The number of carbonyl (C=O) groups excluding carboxylic acids is 1. The number of benzene rings is 2. The van der Waals surface area contributed by atoms with E-state index in [-0.39, 0.29) is 5.91 Å². The molecule has 3 N–H and O–H groups in total. The summed E-state index contributed by atoms with van der Waals surface area (Å²) in [5.41, 5.74) is 5.78. The van der Waals surface area contributed by atoms with Crippen molar-refractivity contribution in [2.24, 2.45) is 5.84 Å². The Hall–Kier alpha value is -1.85. The van der Waals surface area contributed by atoms with Gasteiger partial charge in [-0.3, -0.25) is 10.2 Å². The lowest BCUT2D eigenvalue weighted by atomic mass is 10.1. The average Bonchev–Trinajstić information content (AvgIpc) is 2.47. The molecule has 0 spiro atoms. The van der Waals surface area contributed by atoms with Crippen molar-refractivity contribution in [3.8, 4) is 5.75 Å². The minimum atomic E-state index is -0.321. The molecule has 5 heteroatoms. The molecule has 0 saturated carbocycles. The third-order valence-corrected chi connectivity index (χ3v) is 3.97. The zero-order valence-electron chi connectivity index (χ0n) is 11.9. The summed E-state index contributed by atoms with van der Waals surface area (Å²) in [6.07, 6.45) is 0. The van der Waals surface area contributed by atoms with Crippen LogP contribution in [0.3, 0.4) is 0 Å². The summed E-state index contributed by atoms with van der Waals surface area (Å²) in [4.78, 5) is 11.5. The Balaban J connectivity index is 2.16. The van der Waals surface area contributed by atoms with E-state index in [1.54, 1.807) is 12.1 Å². The Kier molecular flexibility index (Phi) is 4.98. The molecule has 0 saturated heterocycles. The maximum atomic E-state index is 11.5. The number of carbonyl (C=O) groups is 1. The third-order valence-electron chi connectivity index (χ3n) is 3.23. The number of para-hydroxylation sites is 1. The molecule has 0 atom stereocenters. The van der Waals surface area contributed by atoms with Gasteiger partial charge in [-0.15, -0.1) is 0 Å². The van der Waals surface area contributed by atoms with Crippen molar-refractivity contribution in [1.29, 1.82) is 0 Å². The predicted molar refractivity (Wildman–Crippen MR) is 86.0 cm³/mol. The Morgan fingerprint density at radius 1 is 1.24 bits per heavy atom. The molecular weight excluding hydrogens is 332 g/mol. The van der Waals surface area contributed by atoms with E-state index in [1.165, 1.54) is 0 Å². The molecule has 2 aromatic rings. The van der Waals surface area contributed by atoms with Gasteiger partial charge in [0.1, 0.15) is 12.4 Å². The molecule has 2 rings (SSSR count). The number of hydrogen-bond donors (Lipinski definition) is 2. The second-order valence-corrected chi connectivity index (χ2v) is 5.64. The number of nitrogen functional groups attached to an aromatic ring is 1. The van der Waals surface area contributed by atoms with E-state index in [9.17, 15) is 4.79 Å². The van der Waals surface area contributed by atoms with Gasteiger partial charge in [0.15, 0.2) is 0 Å². The van der Waals surface area contributed by atoms with E-state index >= 15 is 0 Å². The van der Waals surface area contributed by atoms with Crippen LogP contribution < -0.4 is 16.0 Å². The smallest absolute Gasteiger partial charge is 0.265 e. The summed E-state index contributed by atoms with van der Waals surface area (Å²) in [6.45, 7) is 4.47. The largest absolute Gasteiger partial charge is 0.488 e. The minimum Gasteiger partial charge on any atom is -0.488 e. The molecule has 0 aromatic heterocycles. The van der Waals surface area contributed by atoms with Gasteiger partial charge in [0.2, 0.25) is 0 Å². The molecule has 0 bridgehead atoms. The summed E-state index contributed by atoms with van der Waals surface area (Å²) >= 11 is 3.45. The van der Waals surface area contributed by atoms with Crippen molar-refractivity contribution in [3.05, 3.63) is 63.1 Å². The van der Waals surface area contributed by atoms with Crippen LogP contribution in [0.15, 0.2) is 40.9 Å². The lowest BCUT2D eigenvalue weighted by Gasteiger charge is -2.13. The summed E-state index contributed by atoms with van der Waals surface area (Å²) < 4.78 is 6.72. The SMILES string of the molecule is Cc1cccc(C)c1OCc1ccc(C(=O)NN)cc1Br. The Morgan fingerprint density at radius 3 is 2.48 bits per heavy atom. The molecule has 4 nitrogen and oxygen atoms in total. The number of halogens is 1. The van der Waals surface area contributed by atoms with E-state index in [4.69, 9.17) is 10.6 Å². The summed E-state index contributed by atoms with van der Waals surface area (Å²) in [5.74, 6) is 5.70. The fraction of sp³-hybridized carbons (Fsp3) is 0.188. The van der Waals surface area contributed by atoms with E-state index < -0.39 is 0 Å². The van der Waals surface area contributed by atoms with Gasteiger partial charge in [-0.25, -0.2) is 5.84 Å². The lowest BCUT2D eigenvalue weighted by Crippen LogP contribution is -2.29. The van der Waals surface area contributed by atoms with Crippen molar-refractivity contribution in [2.75, 3.05) is 0 Å². The molecule has 2 aromatic carbocycles. The highest BCUT2D eigenvalue weighted by Crippen LogP contribution is 2.25. The van der Waals surface area contributed by atoms with Crippen LogP contribution in [0, 0.1) is 13.8 Å². The van der Waals surface area contributed by atoms with Crippen LogP contribution in [0.25, 0.3) is 0 Å². The van der Waals surface area contributed by atoms with Crippen LogP contribution in [-0.2, 0) is 6.61 Å². The highest BCUT2D eigenvalue weighted by molar-refractivity contribution is 9.10. The van der Waals surface area contributed by atoms with Crippen LogP contribution >= 0.6 is 15.9 Å². The van der Waals surface area contributed by atoms with Gasteiger partial charge in [0.05, 0.1) is 0 Å². The predicted octanol–water partition coefficient (Wildman–Crippen LogP) is 3.25. The number of nitrogens with two attached hydrogens (primary N) is 1. The summed E-state index contributed by atoms with van der Waals surface area (Å²) in [7, 11) is 0. The maximum absolute atomic E-state index is 11.5. The zero-order valence-corrected chi connectivity index (χ0v) is 13.5. The number of nitrogens with one attached hydrogen (secondary N) is 1. The van der Waals surface area contributed by atoms with Gasteiger partial charge in [0, 0.05) is 15.6 Å². The zero-order chi connectivity index (χ0) is 15.4. The van der Waals surface area contributed by atoms with Crippen molar-refractivity contribution in [2.45, 2.75) is 20.5 Å². The highest BCUT2D eigenvalue weighted by Gasteiger charge is 2.09. The van der Waals surface area contributed by atoms with E-state index in [0.717, 1.165) is 26.9 Å². The number of aryl methyl sites for hydroxylation is 2. The average molecular weight is 349 g/mol. The lowest BCUT2D eigenvalue weighted by molar-refractivity contribution is 0.0953. The fourth-order valence-corrected chi connectivity index (χ4v) is 2.56. The highest BCUT2D eigenvalue weighted by atomic mass is 79.9. The van der Waals surface area contributed by atoms with Gasteiger partial charge in [-0.1, -0.05) is 40.2 Å². The topological polar surface area (TPSA) is 64.3 Å². The van der Waals surface area contributed by atoms with Crippen molar-refractivity contribution >= 4 is 21.8 Å². The summed E-state index contributed by atoms with van der Waals surface area (Å²) in [5, 5.41) is 0. The minimum absolute atomic E-state index is 0.321. The Bertz CT molecular complexity index is 651. The monoisotopic (exact) mass is 348 g/mol. The molecule has 0 radical (unpaired) electrons. The molecule has 0 aliphatic carbocycles. The van der Waals surface area contributed by atoms with Crippen LogP contribution in [0.4, 0.5) is 0 Å². The fourth-order valence-electron chi connectivity index (χ4n) is 2.07. The standard InChI is InChI=1S/C16H17BrN2O2/c1-10-4-3-5-11(2)15(10)21-9-13-7-6-12(8-14(13)17)16(20)19-18/h3-8H,9,18H2,1-2H3,(H,19,20). The van der Waals surface area contributed by atoms with Gasteiger partial charge >= 0.3 is 0 Å². The molecule has 110 valence electrons. The van der Waals surface area contributed by atoms with Gasteiger partial charge in [-0.05, 0) is 37.1 Å². The number of amides is 1. The molecule has 0 unspecified atom stereocenters. The first-order valence-electron chi connectivity index (χ1n) is 6.51. The number of hydrogen-bond acceptors (Lipinski definition) is 3.